The summed E-state index contributed by atoms with van der Waals surface area (Å²) in [5, 5.41) is 28.3. The number of hydrogen-bond donors (Lipinski definition) is 6. The standard InChI is InChI=1S/C40H54N12O19P2/c1-72(60)66-17-22-30(57)33(71-73(2,61)67-18-23-32(70-72)31(58)38(69-23)52-21-46-29-36(52)48-40(41)49-37(29)59)39(68-22)51-20-45-28-34(43-19-44-35(28)51)47-25(54)6-9-62-11-13-64-15-16-65-14-12-63-10-7-42-24(53)5-8-50-26(55)3-4-27(50)56/h3-4,19-23,30-33,38-39,57-58H,5-18H2,1-2H3,(H,42,53)(H3,41,48,49,59)(H,43,44,47,54)/t22-,23-,30?,31?,32+,33+,38-,39-,72?,73?/m1/s1. The van der Waals surface area contributed by atoms with Gasteiger partial charge in [-0.3, -0.25) is 61.2 Å². The van der Waals surface area contributed by atoms with E-state index in [-0.39, 0.29) is 99.0 Å². The Balaban J connectivity index is 0.768. The van der Waals surface area contributed by atoms with E-state index in [9.17, 15) is 43.3 Å². The number of aliphatic hydroxyl groups excluding tert-OH is 2. The molecule has 7 N–H and O–H groups in total. The Labute approximate surface area is 413 Å². The first-order chi connectivity index (χ1) is 35.0. The van der Waals surface area contributed by atoms with Crippen molar-refractivity contribution in [3.05, 3.63) is 41.5 Å². The van der Waals surface area contributed by atoms with Crippen molar-refractivity contribution in [3.8, 4) is 0 Å². The summed E-state index contributed by atoms with van der Waals surface area (Å²) in [5.74, 6) is -1.82. The first-order valence-electron chi connectivity index (χ1n) is 22.8. The molecule has 0 aliphatic carbocycles. The molecule has 3 fully saturated rings. The molecular formula is C40H54N12O19P2. The Morgan fingerprint density at radius 1 is 0.740 bits per heavy atom. The molecule has 4 aliphatic rings. The van der Waals surface area contributed by atoms with E-state index in [1.54, 1.807) is 0 Å². The molecule has 33 heteroatoms. The lowest BCUT2D eigenvalue weighted by molar-refractivity contribution is -0.137. The second-order valence-corrected chi connectivity index (χ2v) is 20.7. The van der Waals surface area contributed by atoms with E-state index >= 15 is 0 Å². The average molecular weight is 1070 g/mol. The maximum absolute atomic E-state index is 14.0. The van der Waals surface area contributed by atoms with Crippen molar-refractivity contribution in [1.82, 2.24) is 49.3 Å². The zero-order chi connectivity index (χ0) is 51.9. The molecule has 4 aliphatic heterocycles. The lowest BCUT2D eigenvalue weighted by atomic mass is 10.1. The smallest absolute Gasteiger partial charge is 0.328 e. The van der Waals surface area contributed by atoms with Crippen molar-refractivity contribution < 1.29 is 85.0 Å². The van der Waals surface area contributed by atoms with Gasteiger partial charge in [0.15, 0.2) is 40.6 Å². The number of carbonyl (C=O) groups excluding carboxylic acids is 4. The van der Waals surface area contributed by atoms with Gasteiger partial charge in [0.25, 0.3) is 17.4 Å². The Morgan fingerprint density at radius 2 is 1.33 bits per heavy atom. The van der Waals surface area contributed by atoms with Gasteiger partial charge in [-0.05, 0) is 0 Å². The molecule has 0 radical (unpaired) electrons. The number of carbonyl (C=O) groups is 4. The maximum Gasteiger partial charge on any atom is 0.328 e. The molecule has 73 heavy (non-hydrogen) atoms. The van der Waals surface area contributed by atoms with Gasteiger partial charge in [-0.1, -0.05) is 0 Å². The summed E-state index contributed by atoms with van der Waals surface area (Å²) >= 11 is 0. The summed E-state index contributed by atoms with van der Waals surface area (Å²) in [6.07, 6.45) is -5.24. The number of H-pyrrole nitrogens is 1. The molecule has 2 bridgehead atoms. The van der Waals surface area contributed by atoms with E-state index in [1.807, 2.05) is 0 Å². The van der Waals surface area contributed by atoms with Gasteiger partial charge in [-0.25, -0.2) is 19.9 Å². The van der Waals surface area contributed by atoms with Crippen LogP contribution in [0.15, 0.2) is 35.9 Å². The van der Waals surface area contributed by atoms with E-state index in [4.69, 9.17) is 52.2 Å². The van der Waals surface area contributed by atoms with Crippen LogP contribution in [0.1, 0.15) is 25.3 Å². The van der Waals surface area contributed by atoms with E-state index < -0.39 is 101 Å². The van der Waals surface area contributed by atoms with Gasteiger partial charge in [0, 0.05) is 45.0 Å². The number of ether oxygens (including phenoxy) is 6. The number of fused-ring (bicyclic) bond motifs is 5. The number of aromatic amines is 1. The van der Waals surface area contributed by atoms with Crippen molar-refractivity contribution >= 4 is 72.9 Å². The minimum absolute atomic E-state index is 0.00235. The lowest BCUT2D eigenvalue weighted by Crippen LogP contribution is -2.36. The van der Waals surface area contributed by atoms with Crippen molar-refractivity contribution in [3.63, 3.8) is 0 Å². The number of imide groups is 1. The van der Waals surface area contributed by atoms with Crippen LogP contribution in [-0.2, 0) is 74.8 Å². The van der Waals surface area contributed by atoms with Crippen LogP contribution in [0.2, 0.25) is 0 Å². The molecule has 10 atom stereocenters. The van der Waals surface area contributed by atoms with Crippen LogP contribution in [0.3, 0.4) is 0 Å². The fourth-order valence-electron chi connectivity index (χ4n) is 7.92. The zero-order valence-electron chi connectivity index (χ0n) is 39.3. The monoisotopic (exact) mass is 1070 g/mol. The highest BCUT2D eigenvalue weighted by Crippen LogP contribution is 2.54. The fraction of sp³-hybridized carbons (Fsp3) is 0.600. The van der Waals surface area contributed by atoms with Crippen LogP contribution in [0.25, 0.3) is 22.3 Å². The molecule has 398 valence electrons. The van der Waals surface area contributed by atoms with E-state index in [0.29, 0.717) is 19.8 Å². The maximum atomic E-state index is 14.0. The molecular weight excluding hydrogens is 1010 g/mol. The van der Waals surface area contributed by atoms with Gasteiger partial charge in [-0.2, -0.15) is 4.98 Å². The van der Waals surface area contributed by atoms with Crippen LogP contribution in [0.4, 0.5) is 11.8 Å². The first-order valence-corrected chi connectivity index (χ1v) is 26.8. The van der Waals surface area contributed by atoms with Crippen LogP contribution in [-0.4, -0.2) is 207 Å². The normalized spacial score (nSPS) is 28.6. The summed E-state index contributed by atoms with van der Waals surface area (Å²) < 4.78 is 87.8. The SMILES string of the molecule is CP1(=O)OC[C@H]2O[C@@H](n3cnc4c(NC(=O)CCOCCOCCOCCOCCNC(=O)CCN5C(=O)C=CC5=O)ncnc43)[C@@H](OP(C)(=O)OC[C@H]3O[C@@H](n4cnc5c(=O)[nH]c(N)nc54)C(O)[C@H]3O1)C2O. The Hall–Kier alpha value is -5.50. The van der Waals surface area contributed by atoms with Gasteiger partial charge >= 0.3 is 15.2 Å². The molecule has 0 spiro atoms. The number of rotatable bonds is 21. The van der Waals surface area contributed by atoms with Gasteiger partial charge in [0.1, 0.15) is 43.0 Å². The minimum Gasteiger partial charge on any atom is -0.387 e. The second-order valence-electron chi connectivity index (χ2n) is 16.7. The summed E-state index contributed by atoms with van der Waals surface area (Å²) in [7, 11) is -8.29. The Bertz CT molecular complexity index is 2810. The van der Waals surface area contributed by atoms with Crippen molar-refractivity contribution in [2.75, 3.05) is 104 Å². The first kappa shape index (κ1) is 53.8. The number of amides is 4. The Kier molecular flexibility index (Phi) is 17.5. The molecule has 31 nitrogen and oxygen atoms in total. The number of nitrogen functional groups attached to an aromatic ring is 1. The summed E-state index contributed by atoms with van der Waals surface area (Å²) in [4.78, 5) is 84.7. The molecule has 4 amide bonds. The van der Waals surface area contributed by atoms with Crippen molar-refractivity contribution in [2.24, 2.45) is 0 Å². The largest absolute Gasteiger partial charge is 0.387 e. The molecule has 4 unspecified atom stereocenters. The van der Waals surface area contributed by atoms with E-state index in [0.717, 1.165) is 30.4 Å². The second kappa shape index (κ2) is 23.8. The summed E-state index contributed by atoms with van der Waals surface area (Å²) in [6.45, 7) is 3.39. The summed E-state index contributed by atoms with van der Waals surface area (Å²) in [5.41, 5.74) is 5.23. The third-order valence-corrected chi connectivity index (χ3v) is 13.9. The van der Waals surface area contributed by atoms with Crippen molar-refractivity contribution in [1.29, 1.82) is 0 Å². The molecule has 4 aromatic rings. The Morgan fingerprint density at radius 3 is 2.01 bits per heavy atom. The minimum atomic E-state index is -4.17. The predicted molar refractivity (Wildman–Crippen MR) is 246 cm³/mol. The van der Waals surface area contributed by atoms with Crippen LogP contribution in [0.5, 0.6) is 0 Å². The van der Waals surface area contributed by atoms with Crippen LogP contribution < -0.4 is 21.9 Å². The van der Waals surface area contributed by atoms with Crippen molar-refractivity contribution in [2.45, 2.75) is 61.9 Å². The van der Waals surface area contributed by atoms with Crippen LogP contribution >= 0.6 is 15.2 Å². The molecule has 8 rings (SSSR count). The number of aliphatic hydroxyl groups is 2. The molecule has 8 heterocycles. The molecule has 0 aromatic carbocycles. The van der Waals surface area contributed by atoms with E-state index in [2.05, 4.69) is 40.5 Å². The fourth-order valence-corrected chi connectivity index (χ4v) is 10.3. The topological polar surface area (TPSA) is 396 Å². The third-order valence-electron chi connectivity index (χ3n) is 11.4. The van der Waals surface area contributed by atoms with Gasteiger partial charge < -0.3 is 64.0 Å². The number of nitrogens with one attached hydrogen (secondary N) is 3. The number of anilines is 2. The highest BCUT2D eigenvalue weighted by Gasteiger charge is 2.53. The highest BCUT2D eigenvalue weighted by atomic mass is 31.2. The highest BCUT2D eigenvalue weighted by molar-refractivity contribution is 7.53. The zero-order valence-corrected chi connectivity index (χ0v) is 41.1. The third kappa shape index (κ3) is 13.2. The van der Waals surface area contributed by atoms with E-state index in [1.165, 1.54) is 28.1 Å². The number of aromatic nitrogens is 8. The van der Waals surface area contributed by atoms with Gasteiger partial charge in [0.2, 0.25) is 17.8 Å². The predicted octanol–water partition coefficient (Wildman–Crippen LogP) is -1.65. The molecule has 3 saturated heterocycles. The number of hydrogen-bond acceptors (Lipinski definition) is 25. The lowest BCUT2D eigenvalue weighted by Gasteiger charge is -2.27. The average Bonchev–Trinajstić information content (AvgIpc) is 4.17. The number of nitrogens with zero attached hydrogens (tertiary/aromatic N) is 8. The molecule has 0 saturated carbocycles. The quantitative estimate of drug-likeness (QED) is 0.0309. The van der Waals surface area contributed by atoms with Crippen LogP contribution in [0, 0.1) is 0 Å². The molecule has 4 aromatic heterocycles. The summed E-state index contributed by atoms with van der Waals surface area (Å²) in [6, 6.07) is 0. The number of imidazole rings is 2. The van der Waals surface area contributed by atoms with Gasteiger partial charge in [0.05, 0.1) is 85.1 Å². The van der Waals surface area contributed by atoms with Gasteiger partial charge in [-0.15, -0.1) is 0 Å². The number of nitrogens with two attached hydrogens (primary N) is 1.